The van der Waals surface area contributed by atoms with Gasteiger partial charge in [0.1, 0.15) is 0 Å². The molecule has 0 aliphatic heterocycles. The van der Waals surface area contributed by atoms with Gasteiger partial charge in [-0.25, -0.2) is 0 Å². The molecule has 0 saturated carbocycles. The quantitative estimate of drug-likeness (QED) is 0.289. The fourth-order valence-corrected chi connectivity index (χ4v) is 0. The van der Waals surface area contributed by atoms with Gasteiger partial charge < -0.3 is 14.7 Å². The summed E-state index contributed by atoms with van der Waals surface area (Å²) in [4.78, 5) is 21.7. The molecule has 3 N–H and O–H groups in total. The van der Waals surface area contributed by atoms with Gasteiger partial charge in [0.05, 0.1) is 0 Å². The van der Waals surface area contributed by atoms with Crippen molar-refractivity contribution in [1.82, 2.24) is 0 Å². The first kappa shape index (κ1) is 15.7. The van der Waals surface area contributed by atoms with Crippen molar-refractivity contribution in [3.63, 3.8) is 0 Å². The SMILES string of the molecule is OP(O)O.[Fe].[LiH]. The molecule has 0 spiro atoms. The minimum absolute atomic E-state index is 0. The van der Waals surface area contributed by atoms with Crippen LogP contribution in [-0.4, -0.2) is 33.5 Å². The van der Waals surface area contributed by atoms with Crippen LogP contribution < -0.4 is 0 Å². The topological polar surface area (TPSA) is 60.7 Å². The molecule has 0 fully saturated rings. The Balaban J connectivity index is -0.0000000450. The normalized spacial score (nSPS) is 6.00. The maximum absolute atomic E-state index is 7.23. The molecule has 0 rings (SSSR count). The van der Waals surface area contributed by atoms with Crippen molar-refractivity contribution in [3.05, 3.63) is 0 Å². The van der Waals surface area contributed by atoms with Crippen LogP contribution in [-0.2, 0) is 17.1 Å². The van der Waals surface area contributed by atoms with Crippen LogP contribution in [0.15, 0.2) is 0 Å². The van der Waals surface area contributed by atoms with E-state index in [9.17, 15) is 0 Å². The van der Waals surface area contributed by atoms with Gasteiger partial charge in [-0.15, -0.1) is 0 Å². The van der Waals surface area contributed by atoms with Crippen molar-refractivity contribution in [1.29, 1.82) is 0 Å². The average molecular weight is 146 g/mol. The van der Waals surface area contributed by atoms with Crippen LogP contribution >= 0.6 is 8.60 Å². The van der Waals surface area contributed by atoms with Crippen LogP contribution in [0.5, 0.6) is 0 Å². The monoisotopic (exact) mass is 146 g/mol. The molecular weight excluding hydrogens is 142 g/mol. The van der Waals surface area contributed by atoms with Crippen LogP contribution in [0.1, 0.15) is 0 Å². The predicted octanol–water partition coefficient (Wildman–Crippen LogP) is -1.46. The average Bonchev–Trinajstić information content (AvgIpc) is 0.811. The van der Waals surface area contributed by atoms with Crippen molar-refractivity contribution in [2.75, 3.05) is 0 Å². The van der Waals surface area contributed by atoms with E-state index in [-0.39, 0.29) is 35.9 Å². The molecule has 36 valence electrons. The molecule has 0 amide bonds. The van der Waals surface area contributed by atoms with Gasteiger partial charge in [0.15, 0.2) is 0 Å². The van der Waals surface area contributed by atoms with Crippen molar-refractivity contribution >= 4 is 27.5 Å². The molecule has 0 bridgehead atoms. The molecule has 0 aliphatic rings. The van der Waals surface area contributed by atoms with Gasteiger partial charge in [0.25, 0.3) is 0 Å². The summed E-state index contributed by atoms with van der Waals surface area (Å²) in [5.41, 5.74) is 0. The van der Waals surface area contributed by atoms with Crippen molar-refractivity contribution < 1.29 is 31.7 Å². The van der Waals surface area contributed by atoms with E-state index in [0.717, 1.165) is 0 Å². The molecule has 0 atom stereocenters. The molecular formula is H4FeLiO3P. The third-order valence-electron chi connectivity index (χ3n) is 0. The second-order valence-corrected chi connectivity index (χ2v) is 0.805. The van der Waals surface area contributed by atoms with Gasteiger partial charge in [-0.1, -0.05) is 0 Å². The number of hydrogen-bond donors (Lipinski definition) is 3. The Kier molecular flexibility index (Phi) is 25.2. The van der Waals surface area contributed by atoms with Gasteiger partial charge in [0.2, 0.25) is 0 Å². The first-order chi connectivity index (χ1) is 1.73. The maximum atomic E-state index is 7.23. The number of rotatable bonds is 0. The summed E-state index contributed by atoms with van der Waals surface area (Å²) in [6.45, 7) is 0. The zero-order valence-electron chi connectivity index (χ0n) is 2.14. The van der Waals surface area contributed by atoms with E-state index in [4.69, 9.17) is 14.7 Å². The molecule has 0 heterocycles. The Hall–Kier alpha value is 1.43. The van der Waals surface area contributed by atoms with Crippen molar-refractivity contribution in [2.24, 2.45) is 0 Å². The zero-order chi connectivity index (χ0) is 3.58. The summed E-state index contributed by atoms with van der Waals surface area (Å²) in [5.74, 6) is 0. The number of hydrogen-bond acceptors (Lipinski definition) is 3. The van der Waals surface area contributed by atoms with E-state index in [0.29, 0.717) is 0 Å². The van der Waals surface area contributed by atoms with Gasteiger partial charge >= 0.3 is 27.5 Å². The van der Waals surface area contributed by atoms with E-state index >= 15 is 0 Å². The molecule has 6 heavy (non-hydrogen) atoms. The van der Waals surface area contributed by atoms with E-state index in [2.05, 4.69) is 0 Å². The summed E-state index contributed by atoms with van der Waals surface area (Å²) < 4.78 is 0. The fourth-order valence-electron chi connectivity index (χ4n) is 0. The second kappa shape index (κ2) is 9.66. The standard InChI is InChI=1S/Fe.Li.H3O3P.H/c;;1-4(2)3;/h;;1-3H;. The van der Waals surface area contributed by atoms with Crippen LogP contribution in [0, 0.1) is 0 Å². The molecule has 0 aliphatic carbocycles. The summed E-state index contributed by atoms with van der Waals surface area (Å²) in [6, 6.07) is 0. The zero-order valence-corrected chi connectivity index (χ0v) is 4.14. The predicted molar refractivity (Wildman–Crippen MR) is 20.7 cm³/mol. The summed E-state index contributed by atoms with van der Waals surface area (Å²) in [5, 5.41) is 0. The van der Waals surface area contributed by atoms with Gasteiger partial charge in [0, 0.05) is 17.1 Å². The summed E-state index contributed by atoms with van der Waals surface area (Å²) in [7, 11) is -2.62. The van der Waals surface area contributed by atoms with Gasteiger partial charge in [-0.2, -0.15) is 0 Å². The van der Waals surface area contributed by atoms with Crippen LogP contribution in [0.2, 0.25) is 0 Å². The third kappa shape index (κ3) is 52.2. The first-order valence-electron chi connectivity index (χ1n) is 0.600. The minimum atomic E-state index is -2.62. The molecule has 0 aromatic heterocycles. The molecule has 6 heteroatoms. The third-order valence-corrected chi connectivity index (χ3v) is 0. The second-order valence-electron chi connectivity index (χ2n) is 0.268. The van der Waals surface area contributed by atoms with E-state index < -0.39 is 8.60 Å². The Bertz CT molecular complexity index is 15.5. The Labute approximate surface area is 59.4 Å². The van der Waals surface area contributed by atoms with Gasteiger partial charge in [-0.05, 0) is 0 Å². The molecule has 0 saturated heterocycles. The molecule has 0 aromatic carbocycles. The summed E-state index contributed by atoms with van der Waals surface area (Å²) in [6.07, 6.45) is 0. The molecule has 0 unspecified atom stereocenters. The summed E-state index contributed by atoms with van der Waals surface area (Å²) >= 11 is 0. The Morgan fingerprint density at radius 3 is 1.00 bits per heavy atom. The van der Waals surface area contributed by atoms with E-state index in [1.807, 2.05) is 0 Å². The van der Waals surface area contributed by atoms with Crippen molar-refractivity contribution in [2.45, 2.75) is 0 Å². The van der Waals surface area contributed by atoms with Crippen molar-refractivity contribution in [3.8, 4) is 0 Å². The molecule has 0 radical (unpaired) electrons. The van der Waals surface area contributed by atoms with E-state index in [1.54, 1.807) is 0 Å². The fraction of sp³-hybridized carbons (Fsp3) is 0. The Morgan fingerprint density at radius 1 is 1.00 bits per heavy atom. The van der Waals surface area contributed by atoms with Crippen LogP contribution in [0.4, 0.5) is 0 Å². The molecule has 3 nitrogen and oxygen atoms in total. The van der Waals surface area contributed by atoms with Crippen LogP contribution in [0.25, 0.3) is 0 Å². The molecule has 0 aromatic rings. The first-order valence-corrected chi connectivity index (χ1v) is 1.80. The van der Waals surface area contributed by atoms with Gasteiger partial charge in [-0.3, -0.25) is 0 Å². The van der Waals surface area contributed by atoms with E-state index in [1.165, 1.54) is 0 Å². The van der Waals surface area contributed by atoms with Crippen LogP contribution in [0.3, 0.4) is 0 Å². The Morgan fingerprint density at radius 2 is 1.00 bits per heavy atom.